The topological polar surface area (TPSA) is 49.4 Å². The van der Waals surface area contributed by atoms with Crippen LogP contribution in [0.4, 0.5) is 5.69 Å². The molecule has 0 spiro atoms. The Hall–Kier alpha value is -1.06. The van der Waals surface area contributed by atoms with Crippen LogP contribution in [0.5, 0.6) is 0 Å². The van der Waals surface area contributed by atoms with E-state index in [1.54, 1.807) is 6.92 Å². The van der Waals surface area contributed by atoms with Gasteiger partial charge in [0.2, 0.25) is 0 Å². The SMILES string of the molecule is CC(N)O[N]c1ccccc1. The van der Waals surface area contributed by atoms with Crippen molar-refractivity contribution in [2.75, 3.05) is 0 Å². The zero-order valence-corrected chi connectivity index (χ0v) is 6.40. The second-order valence-electron chi connectivity index (χ2n) is 2.24. The molecule has 11 heavy (non-hydrogen) atoms. The van der Waals surface area contributed by atoms with E-state index >= 15 is 0 Å². The van der Waals surface area contributed by atoms with Crippen LogP contribution in [0, 0.1) is 0 Å². The summed E-state index contributed by atoms with van der Waals surface area (Å²) < 4.78 is 0. The lowest BCUT2D eigenvalue weighted by Gasteiger charge is -2.04. The largest absolute Gasteiger partial charge is 0.304 e. The molecule has 3 heteroatoms. The Morgan fingerprint density at radius 2 is 2.00 bits per heavy atom. The molecular formula is C8H11N2O. The molecule has 1 atom stereocenters. The van der Waals surface area contributed by atoms with Crippen LogP contribution in [0.2, 0.25) is 0 Å². The molecule has 1 unspecified atom stereocenters. The molecule has 0 aromatic heterocycles. The van der Waals surface area contributed by atoms with Crippen molar-refractivity contribution in [3.8, 4) is 0 Å². The van der Waals surface area contributed by atoms with Crippen LogP contribution in [0.25, 0.3) is 0 Å². The summed E-state index contributed by atoms with van der Waals surface area (Å²) in [7, 11) is 0. The van der Waals surface area contributed by atoms with Crippen LogP contribution in [0.1, 0.15) is 6.92 Å². The van der Waals surface area contributed by atoms with Crippen LogP contribution in [-0.4, -0.2) is 6.23 Å². The van der Waals surface area contributed by atoms with E-state index in [0.717, 1.165) is 5.69 Å². The second kappa shape index (κ2) is 3.95. The van der Waals surface area contributed by atoms with E-state index in [2.05, 4.69) is 5.48 Å². The molecule has 1 aromatic rings. The number of hydrogen-bond donors (Lipinski definition) is 1. The molecule has 0 fully saturated rings. The predicted octanol–water partition coefficient (Wildman–Crippen LogP) is 1.16. The highest BCUT2D eigenvalue weighted by atomic mass is 16.7. The smallest absolute Gasteiger partial charge is 0.133 e. The maximum Gasteiger partial charge on any atom is 0.133 e. The number of hydrogen-bond acceptors (Lipinski definition) is 2. The molecule has 2 N–H and O–H groups in total. The minimum absolute atomic E-state index is 0.352. The van der Waals surface area contributed by atoms with Gasteiger partial charge in [-0.1, -0.05) is 18.2 Å². The fourth-order valence-electron chi connectivity index (χ4n) is 0.633. The minimum Gasteiger partial charge on any atom is -0.304 e. The van der Waals surface area contributed by atoms with Crippen molar-refractivity contribution in [2.45, 2.75) is 13.2 Å². The van der Waals surface area contributed by atoms with Crippen LogP contribution < -0.4 is 11.2 Å². The zero-order chi connectivity index (χ0) is 8.10. The Bertz CT molecular complexity index is 199. The van der Waals surface area contributed by atoms with Crippen LogP contribution in [-0.2, 0) is 4.84 Å². The van der Waals surface area contributed by atoms with Gasteiger partial charge in [0.05, 0.1) is 5.69 Å². The van der Waals surface area contributed by atoms with E-state index in [4.69, 9.17) is 10.6 Å². The normalized spacial score (nSPS) is 12.5. The highest BCUT2D eigenvalue weighted by Gasteiger charge is 1.94. The number of rotatable bonds is 3. The van der Waals surface area contributed by atoms with E-state index < -0.39 is 0 Å². The Labute approximate surface area is 66.1 Å². The molecular weight excluding hydrogens is 140 g/mol. The van der Waals surface area contributed by atoms with Crippen LogP contribution >= 0.6 is 0 Å². The molecule has 1 rings (SSSR count). The van der Waals surface area contributed by atoms with Gasteiger partial charge in [-0.15, -0.1) is 5.48 Å². The van der Waals surface area contributed by atoms with Gasteiger partial charge in [-0.05, 0) is 19.1 Å². The average Bonchev–Trinajstić information content (AvgIpc) is 2.03. The van der Waals surface area contributed by atoms with Gasteiger partial charge in [0.25, 0.3) is 0 Å². The highest BCUT2D eigenvalue weighted by molar-refractivity contribution is 5.33. The van der Waals surface area contributed by atoms with Gasteiger partial charge in [0.1, 0.15) is 6.23 Å². The zero-order valence-electron chi connectivity index (χ0n) is 6.40. The first kappa shape index (κ1) is 8.04. The summed E-state index contributed by atoms with van der Waals surface area (Å²) in [5.74, 6) is 0. The van der Waals surface area contributed by atoms with Crippen molar-refractivity contribution >= 4 is 5.69 Å². The van der Waals surface area contributed by atoms with Gasteiger partial charge in [0.15, 0.2) is 0 Å². The molecule has 1 radical (unpaired) electrons. The van der Waals surface area contributed by atoms with Crippen molar-refractivity contribution in [1.29, 1.82) is 0 Å². The van der Waals surface area contributed by atoms with Gasteiger partial charge in [-0.25, -0.2) is 4.84 Å². The fraction of sp³-hybridized carbons (Fsp3) is 0.250. The lowest BCUT2D eigenvalue weighted by molar-refractivity contribution is 0.0113. The summed E-state index contributed by atoms with van der Waals surface area (Å²) in [6.45, 7) is 1.73. The number of benzene rings is 1. The third-order valence-corrected chi connectivity index (χ3v) is 1.08. The van der Waals surface area contributed by atoms with Crippen molar-refractivity contribution in [3.05, 3.63) is 30.3 Å². The minimum atomic E-state index is -0.352. The molecule has 59 valence electrons. The molecule has 0 amide bonds. The van der Waals surface area contributed by atoms with Gasteiger partial charge < -0.3 is 5.73 Å². The summed E-state index contributed by atoms with van der Waals surface area (Å²) in [5.41, 5.74) is 9.89. The Kier molecular flexibility index (Phi) is 2.89. The third-order valence-electron chi connectivity index (χ3n) is 1.08. The van der Waals surface area contributed by atoms with Crippen LogP contribution in [0.15, 0.2) is 30.3 Å². The molecule has 0 aliphatic heterocycles. The van der Waals surface area contributed by atoms with Crippen LogP contribution in [0.3, 0.4) is 0 Å². The number of nitrogens with zero attached hydrogens (tertiary/aromatic N) is 1. The maximum atomic E-state index is 5.32. The molecule has 0 bridgehead atoms. The Morgan fingerprint density at radius 3 is 2.55 bits per heavy atom. The molecule has 0 heterocycles. The molecule has 3 nitrogen and oxygen atoms in total. The second-order valence-corrected chi connectivity index (χ2v) is 2.24. The van der Waals surface area contributed by atoms with Gasteiger partial charge in [0, 0.05) is 0 Å². The first-order valence-corrected chi connectivity index (χ1v) is 3.46. The Morgan fingerprint density at radius 1 is 1.36 bits per heavy atom. The molecule has 0 aliphatic rings. The Balaban J connectivity index is 2.39. The van der Waals surface area contributed by atoms with E-state index in [1.807, 2.05) is 30.3 Å². The maximum absolute atomic E-state index is 5.32. The summed E-state index contributed by atoms with van der Waals surface area (Å²) in [6.07, 6.45) is -0.352. The standard InChI is InChI=1S/C8H11N2O/c1-7(9)11-10-8-5-3-2-4-6-8/h2-7H,9H2,1H3. The van der Waals surface area contributed by atoms with Gasteiger partial charge in [-0.2, -0.15) is 0 Å². The molecule has 0 aliphatic carbocycles. The molecule has 0 saturated carbocycles. The van der Waals surface area contributed by atoms with E-state index in [-0.39, 0.29) is 6.23 Å². The molecule has 1 aromatic carbocycles. The van der Waals surface area contributed by atoms with Crippen molar-refractivity contribution < 1.29 is 4.84 Å². The first-order valence-electron chi connectivity index (χ1n) is 3.46. The summed E-state index contributed by atoms with van der Waals surface area (Å²) in [4.78, 5) is 4.83. The summed E-state index contributed by atoms with van der Waals surface area (Å²) in [5, 5.41) is 0. The predicted molar refractivity (Wildman–Crippen MR) is 43.0 cm³/mol. The highest BCUT2D eigenvalue weighted by Crippen LogP contribution is 2.04. The average molecular weight is 151 g/mol. The summed E-state index contributed by atoms with van der Waals surface area (Å²) in [6, 6.07) is 9.41. The quantitative estimate of drug-likeness (QED) is 0.520. The first-order chi connectivity index (χ1) is 5.29. The third kappa shape index (κ3) is 3.02. The lowest BCUT2D eigenvalue weighted by Crippen LogP contribution is -2.21. The van der Waals surface area contributed by atoms with Gasteiger partial charge in [-0.3, -0.25) is 0 Å². The summed E-state index contributed by atoms with van der Waals surface area (Å²) >= 11 is 0. The van der Waals surface area contributed by atoms with Crippen molar-refractivity contribution in [2.24, 2.45) is 5.73 Å². The lowest BCUT2D eigenvalue weighted by atomic mass is 10.3. The fourth-order valence-corrected chi connectivity index (χ4v) is 0.633. The van der Waals surface area contributed by atoms with E-state index in [0.29, 0.717) is 0 Å². The van der Waals surface area contributed by atoms with E-state index in [1.165, 1.54) is 0 Å². The monoisotopic (exact) mass is 151 g/mol. The molecule has 0 saturated heterocycles. The number of nitrogens with two attached hydrogens (primary N) is 1. The van der Waals surface area contributed by atoms with Crippen molar-refractivity contribution in [1.82, 2.24) is 5.48 Å². The van der Waals surface area contributed by atoms with Crippen molar-refractivity contribution in [3.63, 3.8) is 0 Å². The van der Waals surface area contributed by atoms with Gasteiger partial charge >= 0.3 is 0 Å². The van der Waals surface area contributed by atoms with E-state index in [9.17, 15) is 0 Å².